The zero-order valence-electron chi connectivity index (χ0n) is 9.88. The molecule has 0 atom stereocenters. The first-order valence-corrected chi connectivity index (χ1v) is 0.928. The van der Waals surface area contributed by atoms with Crippen LogP contribution in [0, 0.1) is 0 Å². The summed E-state index contributed by atoms with van der Waals surface area (Å²) in [4.78, 5) is 9.00. The number of carboxylic acid groups (broad SMARTS) is 1. The van der Waals surface area contributed by atoms with E-state index in [0.717, 1.165) is 6.92 Å². The molecule has 0 heterocycles. The third-order valence-corrected chi connectivity index (χ3v) is 0. The zero-order valence-corrected chi connectivity index (χ0v) is 14.0. The number of carbonyl (C=O) groups is 1. The maximum atomic E-state index is 9.00. The molecule has 0 aliphatic heterocycles. The van der Waals surface area contributed by atoms with Gasteiger partial charge in [-0.2, -0.15) is 0 Å². The van der Waals surface area contributed by atoms with Gasteiger partial charge in [0.1, 0.15) is 0 Å². The van der Waals surface area contributed by atoms with E-state index >= 15 is 0 Å². The molecule has 0 saturated heterocycles. The molecule has 7 heteroatoms. The van der Waals surface area contributed by atoms with Crippen LogP contribution in [-0.2, 0) is 4.79 Å². The Morgan fingerprint density at radius 2 is 1.44 bits per heavy atom. The summed E-state index contributed by atoms with van der Waals surface area (Å²) in [6.07, 6.45) is 0. The molecular weight excluding hydrogens is 213 g/mol. The Hall–Kier alpha value is 3.45. The molecule has 0 unspecified atom stereocenters. The Labute approximate surface area is 154 Å². The van der Waals surface area contributed by atoms with Gasteiger partial charge in [-0.15, -0.1) is 24.8 Å². The van der Waals surface area contributed by atoms with E-state index in [1.54, 1.807) is 0 Å². The van der Waals surface area contributed by atoms with Gasteiger partial charge in [-0.1, -0.05) is 0 Å². The molecule has 0 radical (unpaired) electrons. The van der Waals surface area contributed by atoms with E-state index in [1.165, 1.54) is 0 Å². The minimum Gasteiger partial charge on any atom is -1.00 e. The maximum Gasteiger partial charge on any atom is 2.00 e. The predicted molar refractivity (Wildman–Crippen MR) is 38.0 cm³/mol. The summed E-state index contributed by atoms with van der Waals surface area (Å²) in [6.45, 7) is 1.08. The normalized spacial score (nSPS) is 2.78. The van der Waals surface area contributed by atoms with Gasteiger partial charge in [0.15, 0.2) is 0 Å². The summed E-state index contributed by atoms with van der Waals surface area (Å²) >= 11 is 0. The number of hydrogen-bond donors (Lipinski definition) is 1. The number of carboxylic acids is 1. The Balaban J connectivity index is -0.00000000125. The number of halogens is 2. The summed E-state index contributed by atoms with van der Waals surface area (Å²) in [5.41, 5.74) is 0. The minimum atomic E-state index is -0.833. The Morgan fingerprint density at radius 3 is 1.44 bits per heavy atom. The van der Waals surface area contributed by atoms with E-state index in [-0.39, 0.29) is 135 Å². The van der Waals surface area contributed by atoms with Crippen LogP contribution >= 0.6 is 24.8 Å². The summed E-state index contributed by atoms with van der Waals surface area (Å²) in [7, 11) is 0. The van der Waals surface area contributed by atoms with Gasteiger partial charge in [0, 0.05) is 6.92 Å². The van der Waals surface area contributed by atoms with E-state index in [1.807, 2.05) is 0 Å². The van der Waals surface area contributed by atoms with Crippen molar-refractivity contribution in [1.29, 1.82) is 0 Å². The van der Waals surface area contributed by atoms with Crippen molar-refractivity contribution in [2.24, 2.45) is 0 Å². The molecule has 9 heavy (non-hydrogen) atoms. The van der Waals surface area contributed by atoms with Crippen molar-refractivity contribution < 1.29 is 96.5 Å². The largest absolute Gasteiger partial charge is 2.00 e. The molecule has 0 spiro atoms. The summed E-state index contributed by atoms with van der Waals surface area (Å²) < 4.78 is 0. The molecular formula is C2H10Cl2KMgNaO2. The minimum absolute atomic E-state index is 0. The standard InChI is InChI=1S/C2H4O2.2ClH.K.Mg.Na.4H/c1-2(3)4;;;;;;;;;/h1H3,(H,3,4);2*1H;;;;;;;/q;;;+1;+2;+1;4*-1. The molecule has 0 aliphatic carbocycles. The van der Waals surface area contributed by atoms with Gasteiger partial charge in [-0.25, -0.2) is 0 Å². The van der Waals surface area contributed by atoms with Crippen LogP contribution in [0.1, 0.15) is 12.6 Å². The van der Waals surface area contributed by atoms with Crippen LogP contribution in [0.25, 0.3) is 0 Å². The third kappa shape index (κ3) is 85.8. The molecule has 0 aromatic heterocycles. The topological polar surface area (TPSA) is 37.3 Å². The predicted octanol–water partition coefficient (Wildman–Crippen LogP) is -4.99. The summed E-state index contributed by atoms with van der Waals surface area (Å²) in [5, 5.41) is 7.42. The van der Waals surface area contributed by atoms with Crippen molar-refractivity contribution in [3.63, 3.8) is 0 Å². The second-order valence-corrected chi connectivity index (χ2v) is 0.519. The van der Waals surface area contributed by atoms with E-state index in [0.29, 0.717) is 0 Å². The quantitative estimate of drug-likeness (QED) is 0.418. The zero-order chi connectivity index (χ0) is 3.58. The molecule has 0 aromatic carbocycles. The van der Waals surface area contributed by atoms with E-state index in [4.69, 9.17) is 9.90 Å². The molecule has 0 rings (SSSR count). The molecule has 0 bridgehead atoms. The number of aliphatic carboxylic acids is 1. The van der Waals surface area contributed by atoms with Crippen molar-refractivity contribution in [3.8, 4) is 0 Å². The van der Waals surface area contributed by atoms with E-state index in [2.05, 4.69) is 0 Å². The van der Waals surface area contributed by atoms with Crippen LogP contribution in [0.2, 0.25) is 0 Å². The van der Waals surface area contributed by atoms with Crippen molar-refractivity contribution >= 4 is 53.8 Å². The van der Waals surface area contributed by atoms with Gasteiger partial charge in [-0.3, -0.25) is 4.79 Å². The van der Waals surface area contributed by atoms with Gasteiger partial charge in [0.25, 0.3) is 5.97 Å². The average molecular weight is 223 g/mol. The molecule has 0 aliphatic rings. The molecule has 1 N–H and O–H groups in total. The molecule has 0 amide bonds. The SMILES string of the molecule is CC(=O)O.Cl.Cl.[H-].[H-].[H-].[H-].[K+].[Mg+2].[Na+]. The molecule has 48 valence electrons. The van der Waals surface area contributed by atoms with Gasteiger partial charge in [0.2, 0.25) is 0 Å². The fourth-order valence-electron chi connectivity index (χ4n) is 0. The van der Waals surface area contributed by atoms with Gasteiger partial charge < -0.3 is 10.8 Å². The number of rotatable bonds is 0. The second-order valence-electron chi connectivity index (χ2n) is 0.519. The van der Waals surface area contributed by atoms with E-state index in [9.17, 15) is 0 Å². The smallest absolute Gasteiger partial charge is 1.00 e. The maximum absolute atomic E-state index is 9.00. The fourth-order valence-corrected chi connectivity index (χ4v) is 0. The van der Waals surface area contributed by atoms with Crippen LogP contribution in [0.4, 0.5) is 0 Å². The van der Waals surface area contributed by atoms with Crippen molar-refractivity contribution in [3.05, 3.63) is 0 Å². The van der Waals surface area contributed by atoms with Crippen molar-refractivity contribution in [2.75, 3.05) is 0 Å². The Kier molecular flexibility index (Phi) is 131. The van der Waals surface area contributed by atoms with Crippen molar-refractivity contribution in [1.82, 2.24) is 0 Å². The van der Waals surface area contributed by atoms with Crippen LogP contribution in [0.5, 0.6) is 0 Å². The second kappa shape index (κ2) is 30.1. The van der Waals surface area contributed by atoms with E-state index < -0.39 is 5.97 Å². The number of hydrogen-bond acceptors (Lipinski definition) is 1. The Bertz CT molecular complexity index is 57.1. The fraction of sp³-hybridized carbons (Fsp3) is 0.500. The van der Waals surface area contributed by atoms with Crippen LogP contribution in [-0.4, -0.2) is 34.1 Å². The molecule has 0 aromatic rings. The monoisotopic (exact) mass is 222 g/mol. The molecule has 0 saturated carbocycles. The van der Waals surface area contributed by atoms with Crippen LogP contribution in [0.3, 0.4) is 0 Å². The molecule has 0 fully saturated rings. The third-order valence-electron chi connectivity index (χ3n) is 0. The van der Waals surface area contributed by atoms with Gasteiger partial charge >= 0.3 is 104 Å². The average Bonchev–Trinajstić information content (AvgIpc) is 0.811. The van der Waals surface area contributed by atoms with Crippen LogP contribution in [0.15, 0.2) is 0 Å². The first kappa shape index (κ1) is 39.2. The molecule has 2 nitrogen and oxygen atoms in total. The first-order valence-electron chi connectivity index (χ1n) is 0.928. The summed E-state index contributed by atoms with van der Waals surface area (Å²) in [5.74, 6) is -0.833. The first-order chi connectivity index (χ1) is 1.73. The summed E-state index contributed by atoms with van der Waals surface area (Å²) in [6, 6.07) is 0. The van der Waals surface area contributed by atoms with Crippen LogP contribution < -0.4 is 80.9 Å². The van der Waals surface area contributed by atoms with Crippen molar-refractivity contribution in [2.45, 2.75) is 6.92 Å². The Morgan fingerprint density at radius 1 is 1.44 bits per heavy atom. The van der Waals surface area contributed by atoms with Gasteiger partial charge in [-0.05, 0) is 0 Å². The van der Waals surface area contributed by atoms with Gasteiger partial charge in [0.05, 0.1) is 0 Å².